The zero-order valence-electron chi connectivity index (χ0n) is 19.3. The highest BCUT2D eigenvalue weighted by Crippen LogP contribution is 2.31. The van der Waals surface area contributed by atoms with E-state index in [4.69, 9.17) is 18.7 Å². The second-order valence-electron chi connectivity index (χ2n) is 7.49. The molecule has 8 nitrogen and oxygen atoms in total. The first-order valence-electron chi connectivity index (χ1n) is 10.4. The first-order valence-corrected chi connectivity index (χ1v) is 10.4. The molecule has 0 bridgehead atoms. The number of nitrogens with zero attached hydrogens (tertiary/aromatic N) is 3. The highest BCUT2D eigenvalue weighted by atomic mass is 16.5. The van der Waals surface area contributed by atoms with Crippen molar-refractivity contribution in [1.29, 1.82) is 0 Å². The lowest BCUT2D eigenvalue weighted by molar-refractivity contribution is -0.138. The molecule has 1 heterocycles. The van der Waals surface area contributed by atoms with Gasteiger partial charge in [-0.2, -0.15) is 4.98 Å². The number of aromatic nitrogens is 2. The molecule has 0 aliphatic rings. The lowest BCUT2D eigenvalue weighted by Crippen LogP contribution is -2.39. The van der Waals surface area contributed by atoms with E-state index in [2.05, 4.69) is 10.1 Å². The Labute approximate surface area is 188 Å². The van der Waals surface area contributed by atoms with Crippen molar-refractivity contribution in [2.24, 2.45) is 0 Å². The van der Waals surface area contributed by atoms with Crippen LogP contribution >= 0.6 is 0 Å². The van der Waals surface area contributed by atoms with Crippen molar-refractivity contribution >= 4 is 5.91 Å². The number of ether oxygens (including phenoxy) is 3. The Bertz CT molecular complexity index is 1080. The molecule has 0 aliphatic heterocycles. The number of hydrogen-bond acceptors (Lipinski definition) is 7. The zero-order chi connectivity index (χ0) is 23.3. The van der Waals surface area contributed by atoms with E-state index >= 15 is 0 Å². The monoisotopic (exact) mass is 439 g/mol. The summed E-state index contributed by atoms with van der Waals surface area (Å²) in [6.45, 7) is 6.08. The van der Waals surface area contributed by atoms with Crippen LogP contribution in [-0.4, -0.2) is 48.3 Å². The fourth-order valence-electron chi connectivity index (χ4n) is 3.25. The maximum atomic E-state index is 13.0. The third-order valence-electron chi connectivity index (χ3n) is 5.34. The standard InChI is InChI=1S/C24H29N3O5/c1-7-19(31-20-10-8-9-15(2)16(20)3)24(28)27(4)14-22-25-23(26-32-22)18-12-11-17(29-5)13-21(18)30-6/h8-13,19H,7,14H2,1-6H3/t19-/m1/s1. The van der Waals surface area contributed by atoms with Gasteiger partial charge in [0.15, 0.2) is 6.10 Å². The molecule has 3 rings (SSSR count). The summed E-state index contributed by atoms with van der Waals surface area (Å²) in [5, 5.41) is 4.04. The largest absolute Gasteiger partial charge is 0.497 e. The molecule has 0 spiro atoms. The number of benzene rings is 2. The summed E-state index contributed by atoms with van der Waals surface area (Å²) in [6.07, 6.45) is -0.0705. The minimum atomic E-state index is -0.607. The van der Waals surface area contributed by atoms with Crippen molar-refractivity contribution in [3.63, 3.8) is 0 Å². The van der Waals surface area contributed by atoms with Gasteiger partial charge in [-0.1, -0.05) is 24.2 Å². The summed E-state index contributed by atoms with van der Waals surface area (Å²) in [5.74, 6) is 2.47. The van der Waals surface area contributed by atoms with E-state index in [0.29, 0.717) is 40.9 Å². The normalized spacial score (nSPS) is 11.7. The third kappa shape index (κ3) is 5.01. The van der Waals surface area contributed by atoms with Crippen molar-refractivity contribution < 1.29 is 23.5 Å². The minimum absolute atomic E-state index is 0.157. The third-order valence-corrected chi connectivity index (χ3v) is 5.34. The number of hydrogen-bond donors (Lipinski definition) is 0. The van der Waals surface area contributed by atoms with Gasteiger partial charge in [0.2, 0.25) is 11.7 Å². The van der Waals surface area contributed by atoms with E-state index in [-0.39, 0.29) is 12.5 Å². The lowest BCUT2D eigenvalue weighted by Gasteiger charge is -2.23. The SMILES string of the molecule is CC[C@@H](Oc1cccc(C)c1C)C(=O)N(C)Cc1nc(-c2ccc(OC)cc2OC)no1. The minimum Gasteiger partial charge on any atom is -0.497 e. The number of rotatable bonds is 9. The van der Waals surface area contributed by atoms with Gasteiger partial charge in [-0.25, -0.2) is 0 Å². The van der Waals surface area contributed by atoms with Crippen LogP contribution in [0.2, 0.25) is 0 Å². The zero-order valence-corrected chi connectivity index (χ0v) is 19.3. The molecule has 0 fully saturated rings. The number of aryl methyl sites for hydroxylation is 1. The Morgan fingerprint density at radius 3 is 2.59 bits per heavy atom. The van der Waals surface area contributed by atoms with E-state index in [1.807, 2.05) is 39.0 Å². The van der Waals surface area contributed by atoms with Crippen LogP contribution in [0.4, 0.5) is 0 Å². The molecule has 32 heavy (non-hydrogen) atoms. The van der Waals surface area contributed by atoms with Gasteiger partial charge in [-0.05, 0) is 49.6 Å². The fraction of sp³-hybridized carbons (Fsp3) is 0.375. The maximum absolute atomic E-state index is 13.0. The van der Waals surface area contributed by atoms with Gasteiger partial charge in [0, 0.05) is 13.1 Å². The van der Waals surface area contributed by atoms with Crippen LogP contribution in [0, 0.1) is 13.8 Å². The molecule has 0 aliphatic carbocycles. The van der Waals surface area contributed by atoms with Gasteiger partial charge in [0.1, 0.15) is 17.2 Å². The Morgan fingerprint density at radius 1 is 1.12 bits per heavy atom. The topological polar surface area (TPSA) is 86.9 Å². The average molecular weight is 440 g/mol. The van der Waals surface area contributed by atoms with Crippen molar-refractivity contribution in [3.8, 4) is 28.6 Å². The molecule has 0 unspecified atom stereocenters. The highest BCUT2D eigenvalue weighted by molar-refractivity contribution is 5.81. The summed E-state index contributed by atoms with van der Waals surface area (Å²) >= 11 is 0. The van der Waals surface area contributed by atoms with Gasteiger partial charge in [0.25, 0.3) is 5.91 Å². The van der Waals surface area contributed by atoms with Crippen LogP contribution < -0.4 is 14.2 Å². The van der Waals surface area contributed by atoms with E-state index in [1.165, 1.54) is 4.90 Å². The van der Waals surface area contributed by atoms with Crippen LogP contribution in [0.1, 0.15) is 30.4 Å². The summed E-state index contributed by atoms with van der Waals surface area (Å²) < 4.78 is 22.0. The second-order valence-corrected chi connectivity index (χ2v) is 7.49. The first-order chi connectivity index (χ1) is 15.4. The summed E-state index contributed by atoms with van der Waals surface area (Å²) in [6, 6.07) is 11.2. The average Bonchev–Trinajstić information content (AvgIpc) is 3.27. The molecule has 0 saturated heterocycles. The first kappa shape index (κ1) is 23.1. The highest BCUT2D eigenvalue weighted by Gasteiger charge is 2.25. The van der Waals surface area contributed by atoms with Gasteiger partial charge >= 0.3 is 0 Å². The van der Waals surface area contributed by atoms with Gasteiger partial charge in [-0.15, -0.1) is 0 Å². The Morgan fingerprint density at radius 2 is 1.91 bits per heavy atom. The van der Waals surface area contributed by atoms with Crippen molar-refractivity contribution in [2.75, 3.05) is 21.3 Å². The number of carbonyl (C=O) groups excluding carboxylic acids is 1. The smallest absolute Gasteiger partial charge is 0.263 e. The molecule has 0 saturated carbocycles. The molecule has 8 heteroatoms. The van der Waals surface area contributed by atoms with Crippen molar-refractivity contribution in [3.05, 3.63) is 53.4 Å². The predicted octanol–water partition coefficient (Wildman–Crippen LogP) is 4.19. The summed E-state index contributed by atoms with van der Waals surface area (Å²) in [4.78, 5) is 19.0. The molecule has 1 atom stereocenters. The van der Waals surface area contributed by atoms with Crippen LogP contribution in [0.25, 0.3) is 11.4 Å². The van der Waals surface area contributed by atoms with Gasteiger partial charge in [-0.3, -0.25) is 4.79 Å². The number of likely N-dealkylation sites (N-methyl/N-ethyl adjacent to an activating group) is 1. The second kappa shape index (κ2) is 10.2. The predicted molar refractivity (Wildman–Crippen MR) is 120 cm³/mol. The van der Waals surface area contributed by atoms with Crippen molar-refractivity contribution in [1.82, 2.24) is 15.0 Å². The summed E-state index contributed by atoms with van der Waals surface area (Å²) in [7, 11) is 4.84. The molecule has 1 amide bonds. The van der Waals surface area contributed by atoms with E-state index in [9.17, 15) is 4.79 Å². The Kier molecular flexibility index (Phi) is 7.35. The van der Waals surface area contributed by atoms with Crippen molar-refractivity contribution in [2.45, 2.75) is 39.8 Å². The van der Waals surface area contributed by atoms with E-state index in [0.717, 1.165) is 11.1 Å². The molecular formula is C24H29N3O5. The molecule has 2 aromatic carbocycles. The molecular weight excluding hydrogens is 410 g/mol. The fourth-order valence-corrected chi connectivity index (χ4v) is 3.25. The van der Waals surface area contributed by atoms with Crippen LogP contribution in [0.15, 0.2) is 40.9 Å². The van der Waals surface area contributed by atoms with Gasteiger partial charge in [0.05, 0.1) is 26.3 Å². The number of methoxy groups -OCH3 is 2. The van der Waals surface area contributed by atoms with Crippen LogP contribution in [0.3, 0.4) is 0 Å². The number of amides is 1. The molecule has 1 aromatic heterocycles. The Hall–Kier alpha value is -3.55. The van der Waals surface area contributed by atoms with Gasteiger partial charge < -0.3 is 23.6 Å². The van der Waals surface area contributed by atoms with E-state index < -0.39 is 6.10 Å². The Balaban J connectivity index is 1.72. The van der Waals surface area contributed by atoms with Crippen LogP contribution in [-0.2, 0) is 11.3 Å². The quantitative estimate of drug-likeness (QED) is 0.494. The molecule has 3 aromatic rings. The number of carbonyl (C=O) groups is 1. The molecule has 170 valence electrons. The molecule has 0 N–H and O–H groups in total. The maximum Gasteiger partial charge on any atom is 0.263 e. The lowest BCUT2D eigenvalue weighted by atomic mass is 10.1. The van der Waals surface area contributed by atoms with Crippen LogP contribution in [0.5, 0.6) is 17.2 Å². The molecule has 0 radical (unpaired) electrons. The van der Waals surface area contributed by atoms with E-state index in [1.54, 1.807) is 39.5 Å². The summed E-state index contributed by atoms with van der Waals surface area (Å²) in [5.41, 5.74) is 2.81.